The molecular formula is C10H15N3O. The van der Waals surface area contributed by atoms with Gasteiger partial charge >= 0.3 is 0 Å². The molecule has 2 unspecified atom stereocenters. The number of rotatable bonds is 1. The van der Waals surface area contributed by atoms with Gasteiger partial charge in [0.25, 0.3) is 0 Å². The monoisotopic (exact) mass is 193 g/mol. The molecule has 1 aromatic heterocycles. The van der Waals surface area contributed by atoms with Gasteiger partial charge in [-0.05, 0) is 31.5 Å². The van der Waals surface area contributed by atoms with Crippen LogP contribution in [0.15, 0.2) is 18.3 Å². The molecule has 0 bridgehead atoms. The molecule has 4 N–H and O–H groups in total. The Morgan fingerprint density at radius 2 is 2.43 bits per heavy atom. The molecule has 0 spiro atoms. The number of piperidine rings is 1. The second-order valence-corrected chi connectivity index (χ2v) is 3.70. The maximum absolute atomic E-state index is 9.51. The quantitative estimate of drug-likeness (QED) is 0.605. The SMILES string of the molecule is Nc1ccnc(C2CC(O)CCN2)c1. The molecular weight excluding hydrogens is 178 g/mol. The van der Waals surface area contributed by atoms with Crippen molar-refractivity contribution in [2.45, 2.75) is 25.0 Å². The summed E-state index contributed by atoms with van der Waals surface area (Å²) in [5.41, 5.74) is 7.31. The maximum Gasteiger partial charge on any atom is 0.0594 e. The molecule has 1 saturated heterocycles. The number of aromatic nitrogens is 1. The fourth-order valence-electron chi connectivity index (χ4n) is 1.78. The topological polar surface area (TPSA) is 71.2 Å². The van der Waals surface area contributed by atoms with Gasteiger partial charge < -0.3 is 16.2 Å². The number of nitrogens with two attached hydrogens (primary N) is 1. The molecule has 0 saturated carbocycles. The van der Waals surface area contributed by atoms with Crippen LogP contribution in [0.2, 0.25) is 0 Å². The standard InChI is InChI=1S/C10H15N3O/c11-7-1-3-12-9(5-7)10-6-8(14)2-4-13-10/h1,3,5,8,10,13-14H,2,4,6H2,(H2,11,12). The van der Waals surface area contributed by atoms with E-state index in [2.05, 4.69) is 10.3 Å². The van der Waals surface area contributed by atoms with Crippen molar-refractivity contribution in [2.24, 2.45) is 0 Å². The number of hydrogen-bond acceptors (Lipinski definition) is 4. The fourth-order valence-corrected chi connectivity index (χ4v) is 1.78. The Balaban J connectivity index is 2.14. The molecule has 2 atom stereocenters. The van der Waals surface area contributed by atoms with Crippen molar-refractivity contribution in [3.8, 4) is 0 Å². The number of nitrogens with zero attached hydrogens (tertiary/aromatic N) is 1. The molecule has 14 heavy (non-hydrogen) atoms. The Morgan fingerprint density at radius 1 is 1.57 bits per heavy atom. The van der Waals surface area contributed by atoms with Crippen LogP contribution in [0.3, 0.4) is 0 Å². The first kappa shape index (κ1) is 9.43. The van der Waals surface area contributed by atoms with E-state index in [1.165, 1.54) is 0 Å². The van der Waals surface area contributed by atoms with Crippen LogP contribution in [0, 0.1) is 0 Å². The van der Waals surface area contributed by atoms with Crippen molar-refractivity contribution in [1.82, 2.24) is 10.3 Å². The molecule has 0 radical (unpaired) electrons. The lowest BCUT2D eigenvalue weighted by Gasteiger charge is -2.26. The molecule has 4 heteroatoms. The Hall–Kier alpha value is -1.13. The third kappa shape index (κ3) is 2.02. The van der Waals surface area contributed by atoms with Gasteiger partial charge in [-0.3, -0.25) is 4.98 Å². The normalized spacial score (nSPS) is 27.5. The van der Waals surface area contributed by atoms with E-state index in [-0.39, 0.29) is 12.1 Å². The average Bonchev–Trinajstić information content (AvgIpc) is 2.18. The third-order valence-corrected chi connectivity index (χ3v) is 2.54. The summed E-state index contributed by atoms with van der Waals surface area (Å²) in [5, 5.41) is 12.8. The van der Waals surface area contributed by atoms with Crippen molar-refractivity contribution in [1.29, 1.82) is 0 Å². The highest BCUT2D eigenvalue weighted by atomic mass is 16.3. The molecule has 76 valence electrons. The smallest absolute Gasteiger partial charge is 0.0594 e. The molecule has 1 fully saturated rings. The van der Waals surface area contributed by atoms with Gasteiger partial charge in [0.1, 0.15) is 0 Å². The van der Waals surface area contributed by atoms with E-state index >= 15 is 0 Å². The first-order chi connectivity index (χ1) is 6.75. The van der Waals surface area contributed by atoms with Gasteiger partial charge in [0.2, 0.25) is 0 Å². The number of aliphatic hydroxyl groups is 1. The van der Waals surface area contributed by atoms with E-state index < -0.39 is 0 Å². The summed E-state index contributed by atoms with van der Waals surface area (Å²) in [6.07, 6.45) is 3.02. The number of pyridine rings is 1. The zero-order chi connectivity index (χ0) is 9.97. The van der Waals surface area contributed by atoms with E-state index in [1.54, 1.807) is 12.3 Å². The van der Waals surface area contributed by atoms with E-state index in [1.807, 2.05) is 6.07 Å². The Labute approximate surface area is 83.2 Å². The minimum Gasteiger partial charge on any atom is -0.399 e. The number of nitrogen functional groups attached to an aromatic ring is 1. The number of nitrogens with one attached hydrogen (secondary N) is 1. The van der Waals surface area contributed by atoms with E-state index in [0.717, 1.165) is 30.8 Å². The van der Waals surface area contributed by atoms with E-state index in [9.17, 15) is 5.11 Å². The molecule has 1 aromatic rings. The summed E-state index contributed by atoms with van der Waals surface area (Å²) in [4.78, 5) is 4.24. The van der Waals surface area contributed by atoms with Gasteiger partial charge in [-0.15, -0.1) is 0 Å². The third-order valence-electron chi connectivity index (χ3n) is 2.54. The largest absolute Gasteiger partial charge is 0.399 e. The van der Waals surface area contributed by atoms with Crippen molar-refractivity contribution < 1.29 is 5.11 Å². The molecule has 2 rings (SSSR count). The fraction of sp³-hybridized carbons (Fsp3) is 0.500. The van der Waals surface area contributed by atoms with Crippen LogP contribution in [-0.4, -0.2) is 22.7 Å². The molecule has 2 heterocycles. The zero-order valence-corrected chi connectivity index (χ0v) is 7.98. The van der Waals surface area contributed by atoms with Crippen molar-refractivity contribution in [3.63, 3.8) is 0 Å². The van der Waals surface area contributed by atoms with Crippen molar-refractivity contribution in [2.75, 3.05) is 12.3 Å². The second-order valence-electron chi connectivity index (χ2n) is 3.70. The Bertz CT molecular complexity index is 316. The highest BCUT2D eigenvalue weighted by Crippen LogP contribution is 2.22. The molecule has 0 aromatic carbocycles. The van der Waals surface area contributed by atoms with Crippen LogP contribution in [0.1, 0.15) is 24.6 Å². The van der Waals surface area contributed by atoms with Crippen LogP contribution in [0.5, 0.6) is 0 Å². The predicted octanol–water partition coefficient (Wildman–Crippen LogP) is 0.449. The average molecular weight is 193 g/mol. The summed E-state index contributed by atoms with van der Waals surface area (Å²) >= 11 is 0. The lowest BCUT2D eigenvalue weighted by Crippen LogP contribution is -2.34. The highest BCUT2D eigenvalue weighted by Gasteiger charge is 2.21. The summed E-state index contributed by atoms with van der Waals surface area (Å²) < 4.78 is 0. The molecule has 1 aliphatic heterocycles. The lowest BCUT2D eigenvalue weighted by atomic mass is 9.99. The summed E-state index contributed by atoms with van der Waals surface area (Å²) in [7, 11) is 0. The van der Waals surface area contributed by atoms with Crippen LogP contribution >= 0.6 is 0 Å². The molecule has 1 aliphatic rings. The predicted molar refractivity (Wildman–Crippen MR) is 54.6 cm³/mol. The van der Waals surface area contributed by atoms with Crippen LogP contribution in [0.4, 0.5) is 5.69 Å². The molecule has 0 amide bonds. The van der Waals surface area contributed by atoms with E-state index in [0.29, 0.717) is 0 Å². The van der Waals surface area contributed by atoms with Crippen molar-refractivity contribution in [3.05, 3.63) is 24.0 Å². The molecule has 0 aliphatic carbocycles. The van der Waals surface area contributed by atoms with Crippen molar-refractivity contribution >= 4 is 5.69 Å². The Morgan fingerprint density at radius 3 is 3.14 bits per heavy atom. The van der Waals surface area contributed by atoms with Gasteiger partial charge in [-0.1, -0.05) is 0 Å². The van der Waals surface area contributed by atoms with Gasteiger partial charge in [0.05, 0.1) is 17.8 Å². The number of hydrogen-bond donors (Lipinski definition) is 3. The lowest BCUT2D eigenvalue weighted by molar-refractivity contribution is 0.116. The van der Waals surface area contributed by atoms with Gasteiger partial charge in [0.15, 0.2) is 0 Å². The van der Waals surface area contributed by atoms with Gasteiger partial charge in [-0.2, -0.15) is 0 Å². The minimum absolute atomic E-state index is 0.141. The summed E-state index contributed by atoms with van der Waals surface area (Å²) in [6.45, 7) is 0.836. The summed E-state index contributed by atoms with van der Waals surface area (Å²) in [5.74, 6) is 0. The van der Waals surface area contributed by atoms with Crippen LogP contribution < -0.4 is 11.1 Å². The summed E-state index contributed by atoms with van der Waals surface area (Å²) in [6, 6.07) is 3.76. The van der Waals surface area contributed by atoms with Gasteiger partial charge in [0, 0.05) is 11.9 Å². The maximum atomic E-state index is 9.51. The second kappa shape index (κ2) is 3.94. The number of aliphatic hydroxyl groups excluding tert-OH is 1. The highest BCUT2D eigenvalue weighted by molar-refractivity contribution is 5.38. The molecule has 4 nitrogen and oxygen atoms in total. The minimum atomic E-state index is -0.218. The van der Waals surface area contributed by atoms with Crippen LogP contribution in [0.25, 0.3) is 0 Å². The van der Waals surface area contributed by atoms with E-state index in [4.69, 9.17) is 5.73 Å². The van der Waals surface area contributed by atoms with Gasteiger partial charge in [-0.25, -0.2) is 0 Å². The zero-order valence-electron chi connectivity index (χ0n) is 7.98. The first-order valence-corrected chi connectivity index (χ1v) is 4.88. The van der Waals surface area contributed by atoms with Crippen LogP contribution in [-0.2, 0) is 0 Å². The first-order valence-electron chi connectivity index (χ1n) is 4.88. The Kier molecular flexibility index (Phi) is 2.65. The number of anilines is 1.